The average Bonchev–Trinajstić information content (AvgIpc) is 2.44. The fourth-order valence-corrected chi connectivity index (χ4v) is 2.03. The number of hydrogen-bond acceptors (Lipinski definition) is 4. The Balaban J connectivity index is 2.22. The quantitative estimate of drug-likeness (QED) is 0.678. The summed E-state index contributed by atoms with van der Waals surface area (Å²) in [6, 6.07) is 8.25. The number of hydrogen-bond donors (Lipinski definition) is 1. The van der Waals surface area contributed by atoms with Crippen LogP contribution in [0.3, 0.4) is 0 Å². The lowest BCUT2D eigenvalue weighted by atomic mass is 10.2. The maximum Gasteiger partial charge on any atom is 0.276 e. The van der Waals surface area contributed by atoms with Gasteiger partial charge in [0.15, 0.2) is 0 Å². The minimum atomic E-state index is -0.522. The molecule has 0 atom stereocenters. The fourth-order valence-electron chi connectivity index (χ4n) is 1.83. The van der Waals surface area contributed by atoms with Gasteiger partial charge in [0.2, 0.25) is 0 Å². The normalized spacial score (nSPS) is 10.4. The summed E-state index contributed by atoms with van der Waals surface area (Å²) in [6.45, 7) is 0.0791. The summed E-state index contributed by atoms with van der Waals surface area (Å²) in [7, 11) is 0. The van der Waals surface area contributed by atoms with Gasteiger partial charge in [-0.05, 0) is 29.8 Å². The van der Waals surface area contributed by atoms with E-state index in [9.17, 15) is 14.5 Å². The lowest BCUT2D eigenvalue weighted by molar-refractivity contribution is -0.385. The van der Waals surface area contributed by atoms with Crippen LogP contribution < -0.4 is 10.5 Å². The molecule has 0 fully saturated rings. The van der Waals surface area contributed by atoms with Gasteiger partial charge in [0.05, 0.1) is 10.5 Å². The van der Waals surface area contributed by atoms with E-state index in [0.717, 1.165) is 0 Å². The molecule has 21 heavy (non-hydrogen) atoms. The summed E-state index contributed by atoms with van der Waals surface area (Å²) in [4.78, 5) is 10.4. The molecule has 0 heterocycles. The highest BCUT2D eigenvalue weighted by Gasteiger charge is 2.14. The Morgan fingerprint density at radius 3 is 2.71 bits per heavy atom. The first-order valence-corrected chi connectivity index (χ1v) is 6.42. The highest BCUT2D eigenvalue weighted by molar-refractivity contribution is 6.30. The Hall–Kier alpha value is -2.18. The number of nitrogens with zero attached hydrogens (tertiary/aromatic N) is 1. The Morgan fingerprint density at radius 1 is 1.29 bits per heavy atom. The number of ether oxygens (including phenoxy) is 1. The summed E-state index contributed by atoms with van der Waals surface area (Å²) in [6.07, 6.45) is 0. The monoisotopic (exact) mass is 310 g/mol. The minimum absolute atomic E-state index is 0.0929. The van der Waals surface area contributed by atoms with Crippen LogP contribution in [-0.2, 0) is 13.2 Å². The molecule has 0 aromatic heterocycles. The molecule has 7 heteroatoms. The third-order valence-electron chi connectivity index (χ3n) is 2.80. The SMILES string of the molecule is NCc1cc(F)cc(OCc2cc(Cl)ccc2[N+](=O)[O-])c1. The van der Waals surface area contributed by atoms with E-state index in [2.05, 4.69) is 0 Å². The van der Waals surface area contributed by atoms with Crippen molar-refractivity contribution in [2.75, 3.05) is 0 Å². The van der Waals surface area contributed by atoms with Crippen LogP contribution in [0, 0.1) is 15.9 Å². The molecule has 0 unspecified atom stereocenters. The molecule has 0 saturated heterocycles. The third-order valence-corrected chi connectivity index (χ3v) is 3.03. The highest BCUT2D eigenvalue weighted by atomic mass is 35.5. The Kier molecular flexibility index (Phi) is 4.72. The van der Waals surface area contributed by atoms with E-state index in [-0.39, 0.29) is 24.6 Å². The Morgan fingerprint density at radius 2 is 2.05 bits per heavy atom. The largest absolute Gasteiger partial charge is 0.489 e. The van der Waals surface area contributed by atoms with E-state index in [1.165, 1.54) is 30.3 Å². The smallest absolute Gasteiger partial charge is 0.276 e. The van der Waals surface area contributed by atoms with Crippen LogP contribution in [0.15, 0.2) is 36.4 Å². The summed E-state index contributed by atoms with van der Waals surface area (Å²) in [5.41, 5.74) is 6.23. The zero-order valence-corrected chi connectivity index (χ0v) is 11.6. The molecular formula is C14H12ClFN2O3. The van der Waals surface area contributed by atoms with Gasteiger partial charge in [-0.25, -0.2) is 4.39 Å². The molecule has 0 aliphatic heterocycles. The van der Waals surface area contributed by atoms with Gasteiger partial charge in [0.25, 0.3) is 5.69 Å². The van der Waals surface area contributed by atoms with Crippen LogP contribution in [0.25, 0.3) is 0 Å². The molecule has 0 aliphatic rings. The Bertz CT molecular complexity index is 679. The first-order chi connectivity index (χ1) is 9.99. The Labute approximate surface area is 125 Å². The molecule has 0 aliphatic carbocycles. The second-order valence-electron chi connectivity index (χ2n) is 4.32. The van der Waals surface area contributed by atoms with Gasteiger partial charge in [-0.15, -0.1) is 0 Å². The van der Waals surface area contributed by atoms with Crippen molar-refractivity contribution in [3.8, 4) is 5.75 Å². The molecule has 0 amide bonds. The van der Waals surface area contributed by atoms with E-state index >= 15 is 0 Å². The summed E-state index contributed by atoms with van der Waals surface area (Å²) >= 11 is 5.82. The average molecular weight is 311 g/mol. The number of rotatable bonds is 5. The molecular weight excluding hydrogens is 299 g/mol. The number of nitro benzene ring substituents is 1. The van der Waals surface area contributed by atoms with Gasteiger partial charge in [-0.1, -0.05) is 11.6 Å². The molecule has 5 nitrogen and oxygen atoms in total. The number of nitro groups is 1. The topological polar surface area (TPSA) is 78.4 Å². The lowest BCUT2D eigenvalue weighted by Gasteiger charge is -2.09. The molecule has 0 spiro atoms. The molecule has 2 aromatic rings. The van der Waals surface area contributed by atoms with Gasteiger partial charge in [0, 0.05) is 23.7 Å². The molecule has 0 bridgehead atoms. The maximum atomic E-state index is 13.3. The van der Waals surface area contributed by atoms with Crippen LogP contribution in [0.4, 0.5) is 10.1 Å². The summed E-state index contributed by atoms with van der Waals surface area (Å²) < 4.78 is 18.7. The second kappa shape index (κ2) is 6.51. The van der Waals surface area contributed by atoms with Crippen LogP contribution >= 0.6 is 11.6 Å². The van der Waals surface area contributed by atoms with Gasteiger partial charge >= 0.3 is 0 Å². The van der Waals surface area contributed by atoms with Crippen LogP contribution in [0.2, 0.25) is 5.02 Å². The van der Waals surface area contributed by atoms with E-state index in [1.54, 1.807) is 6.07 Å². The van der Waals surface area contributed by atoms with Crippen LogP contribution in [-0.4, -0.2) is 4.92 Å². The first-order valence-electron chi connectivity index (χ1n) is 6.04. The zero-order valence-electron chi connectivity index (χ0n) is 10.9. The van der Waals surface area contributed by atoms with Crippen molar-refractivity contribution in [3.63, 3.8) is 0 Å². The maximum absolute atomic E-state index is 13.3. The van der Waals surface area contributed by atoms with Crippen molar-refractivity contribution in [2.45, 2.75) is 13.2 Å². The van der Waals surface area contributed by atoms with E-state index in [0.29, 0.717) is 16.1 Å². The molecule has 0 saturated carbocycles. The first kappa shape index (κ1) is 15.2. The predicted molar refractivity (Wildman–Crippen MR) is 76.7 cm³/mol. The van der Waals surface area contributed by atoms with Gasteiger partial charge in [0.1, 0.15) is 18.2 Å². The molecule has 2 rings (SSSR count). The fraction of sp³-hybridized carbons (Fsp3) is 0.143. The molecule has 0 radical (unpaired) electrons. The van der Waals surface area contributed by atoms with Crippen molar-refractivity contribution in [3.05, 3.63) is 68.5 Å². The van der Waals surface area contributed by atoms with Crippen molar-refractivity contribution in [1.82, 2.24) is 0 Å². The second-order valence-corrected chi connectivity index (χ2v) is 4.75. The van der Waals surface area contributed by atoms with Crippen LogP contribution in [0.1, 0.15) is 11.1 Å². The molecule has 110 valence electrons. The van der Waals surface area contributed by atoms with E-state index in [4.69, 9.17) is 22.1 Å². The van der Waals surface area contributed by atoms with Gasteiger partial charge < -0.3 is 10.5 Å². The highest BCUT2D eigenvalue weighted by Crippen LogP contribution is 2.25. The van der Waals surface area contributed by atoms with Crippen molar-refractivity contribution >= 4 is 17.3 Å². The summed E-state index contributed by atoms with van der Waals surface area (Å²) in [5.74, 6) is -0.224. The van der Waals surface area contributed by atoms with E-state index < -0.39 is 10.7 Å². The van der Waals surface area contributed by atoms with Gasteiger partial charge in [-0.3, -0.25) is 10.1 Å². The van der Waals surface area contributed by atoms with Crippen molar-refractivity contribution < 1.29 is 14.1 Å². The standard InChI is InChI=1S/C14H12ClFN2O3/c15-11-1-2-14(18(19)20)10(5-11)8-21-13-4-9(7-17)3-12(16)6-13/h1-6H,7-8,17H2. The minimum Gasteiger partial charge on any atom is -0.489 e. The summed E-state index contributed by atoms with van der Waals surface area (Å²) in [5, 5.41) is 11.3. The van der Waals surface area contributed by atoms with Crippen LogP contribution in [0.5, 0.6) is 5.75 Å². The van der Waals surface area contributed by atoms with E-state index in [1.807, 2.05) is 0 Å². The number of halogens is 2. The lowest BCUT2D eigenvalue weighted by Crippen LogP contribution is -2.02. The third kappa shape index (κ3) is 3.90. The zero-order chi connectivity index (χ0) is 15.4. The van der Waals surface area contributed by atoms with Gasteiger partial charge in [-0.2, -0.15) is 0 Å². The molecule has 2 aromatic carbocycles. The predicted octanol–water partition coefficient (Wildman–Crippen LogP) is 3.43. The number of nitrogens with two attached hydrogens (primary N) is 1. The van der Waals surface area contributed by atoms with Crippen molar-refractivity contribution in [2.24, 2.45) is 5.73 Å². The van der Waals surface area contributed by atoms with Crippen molar-refractivity contribution in [1.29, 1.82) is 0 Å². The number of benzene rings is 2. The molecule has 2 N–H and O–H groups in total.